The number of benzene rings is 2. The molecule has 1 aromatic heterocycles. The second-order valence-corrected chi connectivity index (χ2v) is 6.94. The van der Waals surface area contributed by atoms with Gasteiger partial charge in [-0.25, -0.2) is 14.4 Å². The van der Waals surface area contributed by atoms with Crippen LogP contribution in [0.4, 0.5) is 16.0 Å². The molecule has 0 bridgehead atoms. The van der Waals surface area contributed by atoms with Gasteiger partial charge in [0.1, 0.15) is 17.3 Å². The Kier molecular flexibility index (Phi) is 5.57. The predicted molar refractivity (Wildman–Crippen MR) is 109 cm³/mol. The molecule has 0 spiro atoms. The highest BCUT2D eigenvalue weighted by Gasteiger charge is 2.19. The summed E-state index contributed by atoms with van der Waals surface area (Å²) >= 11 is 0. The van der Waals surface area contributed by atoms with E-state index in [1.807, 2.05) is 36.5 Å². The highest BCUT2D eigenvalue weighted by Crippen LogP contribution is 2.31. The van der Waals surface area contributed by atoms with Crippen LogP contribution in [-0.4, -0.2) is 35.6 Å². The zero-order chi connectivity index (χ0) is 20.2. The number of anilines is 2. The minimum absolute atomic E-state index is 0.209. The van der Waals surface area contributed by atoms with Gasteiger partial charge in [0.2, 0.25) is 5.95 Å². The summed E-state index contributed by atoms with van der Waals surface area (Å²) in [5, 5.41) is 3.23. The Bertz CT molecular complexity index is 995. The number of nitrogens with one attached hydrogen (secondary N) is 1. The number of halogens is 1. The molecule has 2 heterocycles. The molecule has 0 aliphatic carbocycles. The Morgan fingerprint density at radius 3 is 2.69 bits per heavy atom. The number of nitrogens with zero attached hydrogens (tertiary/aromatic N) is 3. The number of methoxy groups -OCH3 is 2. The number of hydrogen-bond donors (Lipinski definition) is 1. The van der Waals surface area contributed by atoms with Crippen molar-refractivity contribution in [1.29, 1.82) is 0 Å². The molecule has 0 saturated heterocycles. The fourth-order valence-corrected chi connectivity index (χ4v) is 3.44. The number of aromatic nitrogens is 2. The summed E-state index contributed by atoms with van der Waals surface area (Å²) in [6.45, 7) is 2.45. The first kappa shape index (κ1) is 19.1. The maximum Gasteiger partial charge on any atom is 0.227 e. The van der Waals surface area contributed by atoms with E-state index < -0.39 is 0 Å². The summed E-state index contributed by atoms with van der Waals surface area (Å²) in [4.78, 5) is 11.5. The minimum atomic E-state index is -0.209. The van der Waals surface area contributed by atoms with Crippen LogP contribution in [0.15, 0.2) is 48.7 Å². The van der Waals surface area contributed by atoms with Crippen molar-refractivity contribution in [2.45, 2.75) is 19.5 Å². The van der Waals surface area contributed by atoms with Crippen molar-refractivity contribution in [2.75, 3.05) is 26.1 Å². The molecule has 1 N–H and O–H groups in total. The summed E-state index contributed by atoms with van der Waals surface area (Å²) in [7, 11) is 3.23. The second kappa shape index (κ2) is 8.45. The lowest BCUT2D eigenvalue weighted by atomic mass is 10.1. The van der Waals surface area contributed by atoms with E-state index in [0.717, 1.165) is 54.3 Å². The summed E-state index contributed by atoms with van der Waals surface area (Å²) < 4.78 is 23.7. The van der Waals surface area contributed by atoms with Gasteiger partial charge in [0.05, 0.1) is 25.6 Å². The molecular formula is C22H23FN4O2. The van der Waals surface area contributed by atoms with Crippen LogP contribution in [0.3, 0.4) is 0 Å². The third kappa shape index (κ3) is 4.46. The van der Waals surface area contributed by atoms with Crippen molar-refractivity contribution in [3.8, 4) is 11.5 Å². The van der Waals surface area contributed by atoms with Crippen LogP contribution in [0.5, 0.6) is 11.5 Å². The quantitative estimate of drug-likeness (QED) is 0.684. The van der Waals surface area contributed by atoms with Crippen LogP contribution >= 0.6 is 0 Å². The van der Waals surface area contributed by atoms with Crippen LogP contribution in [0.25, 0.3) is 0 Å². The maximum absolute atomic E-state index is 13.1. The second-order valence-electron chi connectivity index (χ2n) is 6.94. The molecule has 4 rings (SSSR count). The van der Waals surface area contributed by atoms with E-state index in [1.165, 1.54) is 12.1 Å². The molecule has 7 heteroatoms. The fraction of sp³-hybridized carbons (Fsp3) is 0.273. The molecule has 0 saturated carbocycles. The average molecular weight is 394 g/mol. The molecular weight excluding hydrogens is 371 g/mol. The van der Waals surface area contributed by atoms with Crippen molar-refractivity contribution >= 4 is 11.6 Å². The number of hydrogen-bond acceptors (Lipinski definition) is 6. The molecule has 3 aromatic rings. The van der Waals surface area contributed by atoms with Gasteiger partial charge in [-0.3, -0.25) is 4.90 Å². The van der Waals surface area contributed by atoms with Gasteiger partial charge in [0.15, 0.2) is 0 Å². The fourth-order valence-electron chi connectivity index (χ4n) is 3.44. The van der Waals surface area contributed by atoms with Crippen LogP contribution < -0.4 is 14.8 Å². The van der Waals surface area contributed by atoms with E-state index in [-0.39, 0.29) is 5.82 Å². The lowest BCUT2D eigenvalue weighted by molar-refractivity contribution is 0.243. The highest BCUT2D eigenvalue weighted by molar-refractivity contribution is 5.64. The number of ether oxygens (including phenoxy) is 2. The summed E-state index contributed by atoms with van der Waals surface area (Å²) in [6.07, 6.45) is 2.71. The smallest absolute Gasteiger partial charge is 0.227 e. The van der Waals surface area contributed by atoms with Crippen LogP contribution in [0.2, 0.25) is 0 Å². The summed E-state index contributed by atoms with van der Waals surface area (Å²) in [5.41, 5.74) is 4.04. The van der Waals surface area contributed by atoms with Crippen LogP contribution in [-0.2, 0) is 19.5 Å². The van der Waals surface area contributed by atoms with Crippen molar-refractivity contribution in [3.63, 3.8) is 0 Å². The summed E-state index contributed by atoms with van der Waals surface area (Å²) in [6, 6.07) is 12.2. The van der Waals surface area contributed by atoms with Gasteiger partial charge in [0.25, 0.3) is 0 Å². The van der Waals surface area contributed by atoms with Crippen molar-refractivity contribution < 1.29 is 13.9 Å². The van der Waals surface area contributed by atoms with Gasteiger partial charge >= 0.3 is 0 Å². The Morgan fingerprint density at radius 2 is 1.93 bits per heavy atom. The molecule has 0 radical (unpaired) electrons. The van der Waals surface area contributed by atoms with Crippen molar-refractivity contribution in [3.05, 3.63) is 71.3 Å². The van der Waals surface area contributed by atoms with E-state index in [4.69, 9.17) is 14.5 Å². The van der Waals surface area contributed by atoms with Crippen molar-refractivity contribution in [2.24, 2.45) is 0 Å². The first-order chi connectivity index (χ1) is 14.1. The normalized spacial score (nSPS) is 13.6. The van der Waals surface area contributed by atoms with Gasteiger partial charge in [0, 0.05) is 43.9 Å². The monoisotopic (exact) mass is 394 g/mol. The van der Waals surface area contributed by atoms with Crippen LogP contribution in [0.1, 0.15) is 16.8 Å². The van der Waals surface area contributed by atoms with E-state index in [9.17, 15) is 4.39 Å². The zero-order valence-electron chi connectivity index (χ0n) is 16.5. The van der Waals surface area contributed by atoms with Crippen LogP contribution in [0, 0.1) is 5.82 Å². The largest absolute Gasteiger partial charge is 0.497 e. The zero-order valence-corrected chi connectivity index (χ0v) is 16.5. The molecule has 0 unspecified atom stereocenters. The molecule has 6 nitrogen and oxygen atoms in total. The van der Waals surface area contributed by atoms with Gasteiger partial charge in [-0.05, 0) is 29.8 Å². The van der Waals surface area contributed by atoms with E-state index in [1.54, 1.807) is 14.2 Å². The molecule has 0 fully saturated rings. The average Bonchev–Trinajstić information content (AvgIpc) is 2.75. The Labute approximate surface area is 169 Å². The third-order valence-corrected chi connectivity index (χ3v) is 4.99. The Hall–Kier alpha value is -3.19. The van der Waals surface area contributed by atoms with Gasteiger partial charge in [-0.1, -0.05) is 12.1 Å². The third-order valence-electron chi connectivity index (χ3n) is 4.99. The molecule has 0 amide bonds. The first-order valence-electron chi connectivity index (χ1n) is 9.45. The minimum Gasteiger partial charge on any atom is -0.497 e. The lowest BCUT2D eigenvalue weighted by Gasteiger charge is -2.28. The molecule has 29 heavy (non-hydrogen) atoms. The van der Waals surface area contributed by atoms with E-state index in [2.05, 4.69) is 15.2 Å². The number of rotatable bonds is 6. The lowest BCUT2D eigenvalue weighted by Crippen LogP contribution is -2.31. The SMILES string of the molecule is COc1ccc(Nc2ncc3c(n2)CCN(Cc2ccc(F)cc2)C3)c(OC)c1. The first-order valence-corrected chi connectivity index (χ1v) is 9.45. The maximum atomic E-state index is 13.1. The Balaban J connectivity index is 1.46. The molecule has 0 atom stereocenters. The topological polar surface area (TPSA) is 59.5 Å². The predicted octanol–water partition coefficient (Wildman–Crippen LogP) is 3.93. The van der Waals surface area contributed by atoms with E-state index in [0.29, 0.717) is 11.7 Å². The Morgan fingerprint density at radius 1 is 1.10 bits per heavy atom. The highest BCUT2D eigenvalue weighted by atomic mass is 19.1. The van der Waals surface area contributed by atoms with Gasteiger partial charge in [-0.2, -0.15) is 0 Å². The summed E-state index contributed by atoms with van der Waals surface area (Å²) in [5.74, 6) is 1.72. The molecule has 1 aliphatic rings. The molecule has 150 valence electrons. The van der Waals surface area contributed by atoms with Gasteiger partial charge in [-0.15, -0.1) is 0 Å². The van der Waals surface area contributed by atoms with Gasteiger partial charge < -0.3 is 14.8 Å². The molecule has 1 aliphatic heterocycles. The van der Waals surface area contributed by atoms with E-state index >= 15 is 0 Å². The van der Waals surface area contributed by atoms with Crippen molar-refractivity contribution in [1.82, 2.24) is 14.9 Å². The molecule has 2 aromatic carbocycles. The number of fused-ring (bicyclic) bond motifs is 1. The standard InChI is InChI=1S/C22H23FN4O2/c1-28-18-7-8-20(21(11-18)29-2)26-22-24-12-16-14-27(10-9-19(16)25-22)13-15-3-5-17(23)6-4-15/h3-8,11-12H,9-10,13-14H2,1-2H3,(H,24,25,26).